The zero-order chi connectivity index (χ0) is 21.4. The first-order valence-electron chi connectivity index (χ1n) is 10.2. The molecule has 7 nitrogen and oxygen atoms in total. The SMILES string of the molecule is CCOC(=O)[C@@H]1CC[C@@H](NCC(=O)c2ccccc2)[C@@H](NC(=O)OC(C)(C)C)C1. The van der Waals surface area contributed by atoms with Crippen LogP contribution in [0.25, 0.3) is 0 Å². The minimum absolute atomic E-state index is 0.0193. The lowest BCUT2D eigenvalue weighted by molar-refractivity contribution is -0.149. The van der Waals surface area contributed by atoms with Crippen LogP contribution in [0.1, 0.15) is 57.3 Å². The largest absolute Gasteiger partial charge is 0.466 e. The molecule has 1 saturated carbocycles. The lowest BCUT2D eigenvalue weighted by atomic mass is 9.82. The van der Waals surface area contributed by atoms with Crippen LogP contribution >= 0.6 is 0 Å². The highest BCUT2D eigenvalue weighted by molar-refractivity contribution is 5.97. The normalized spacial score (nSPS) is 21.9. The van der Waals surface area contributed by atoms with Crippen LogP contribution in [0.3, 0.4) is 0 Å². The number of hydrogen-bond donors (Lipinski definition) is 2. The molecule has 29 heavy (non-hydrogen) atoms. The molecule has 1 aromatic carbocycles. The molecule has 0 bridgehead atoms. The van der Waals surface area contributed by atoms with Crippen LogP contribution in [0.4, 0.5) is 4.79 Å². The van der Waals surface area contributed by atoms with Gasteiger partial charge in [0.2, 0.25) is 0 Å². The molecule has 0 spiro atoms. The molecule has 0 saturated heterocycles. The summed E-state index contributed by atoms with van der Waals surface area (Å²) in [6.45, 7) is 7.64. The van der Waals surface area contributed by atoms with Crippen molar-refractivity contribution in [3.63, 3.8) is 0 Å². The van der Waals surface area contributed by atoms with Gasteiger partial charge in [0.05, 0.1) is 19.1 Å². The van der Waals surface area contributed by atoms with Crippen molar-refractivity contribution in [1.29, 1.82) is 0 Å². The number of hydrogen-bond acceptors (Lipinski definition) is 6. The van der Waals surface area contributed by atoms with E-state index >= 15 is 0 Å². The number of ketones is 1. The maximum absolute atomic E-state index is 12.4. The molecule has 1 fully saturated rings. The van der Waals surface area contributed by atoms with E-state index in [1.165, 1.54) is 0 Å². The van der Waals surface area contributed by atoms with Crippen molar-refractivity contribution in [2.75, 3.05) is 13.2 Å². The summed E-state index contributed by atoms with van der Waals surface area (Å²) in [7, 11) is 0. The van der Waals surface area contributed by atoms with Crippen molar-refractivity contribution in [3.05, 3.63) is 35.9 Å². The topological polar surface area (TPSA) is 93.7 Å². The van der Waals surface area contributed by atoms with Crippen LogP contribution in [-0.2, 0) is 14.3 Å². The Morgan fingerprint density at radius 2 is 1.76 bits per heavy atom. The van der Waals surface area contributed by atoms with Gasteiger partial charge in [0, 0.05) is 17.6 Å². The second-order valence-corrected chi connectivity index (χ2v) is 8.29. The summed E-state index contributed by atoms with van der Waals surface area (Å²) in [5.41, 5.74) is 0.0164. The average Bonchev–Trinajstić information content (AvgIpc) is 2.66. The molecular formula is C22H32N2O5. The maximum Gasteiger partial charge on any atom is 0.407 e. The van der Waals surface area contributed by atoms with Crippen molar-refractivity contribution >= 4 is 17.8 Å². The highest BCUT2D eigenvalue weighted by Crippen LogP contribution is 2.26. The smallest absolute Gasteiger partial charge is 0.407 e. The first kappa shape index (κ1) is 22.9. The molecule has 1 aliphatic rings. The Morgan fingerprint density at radius 3 is 2.38 bits per heavy atom. The van der Waals surface area contributed by atoms with Gasteiger partial charge in [-0.2, -0.15) is 0 Å². The van der Waals surface area contributed by atoms with Gasteiger partial charge in [-0.05, 0) is 47.0 Å². The number of esters is 1. The van der Waals surface area contributed by atoms with Gasteiger partial charge < -0.3 is 20.1 Å². The molecule has 0 radical (unpaired) electrons. The number of benzene rings is 1. The summed E-state index contributed by atoms with van der Waals surface area (Å²) in [5, 5.41) is 6.13. The molecular weight excluding hydrogens is 372 g/mol. The van der Waals surface area contributed by atoms with Crippen LogP contribution in [-0.4, -0.2) is 48.7 Å². The number of Topliss-reactive ketones (excluding diaryl/α,β-unsaturated/α-hetero) is 1. The van der Waals surface area contributed by atoms with Crippen LogP contribution < -0.4 is 10.6 Å². The van der Waals surface area contributed by atoms with Gasteiger partial charge in [0.1, 0.15) is 5.60 Å². The average molecular weight is 405 g/mol. The van der Waals surface area contributed by atoms with Crippen LogP contribution in [0.5, 0.6) is 0 Å². The molecule has 160 valence electrons. The second-order valence-electron chi connectivity index (χ2n) is 8.29. The predicted molar refractivity (Wildman–Crippen MR) is 110 cm³/mol. The highest BCUT2D eigenvalue weighted by Gasteiger charge is 2.36. The van der Waals surface area contributed by atoms with E-state index < -0.39 is 11.7 Å². The molecule has 2 N–H and O–H groups in total. The number of amides is 1. The first-order valence-corrected chi connectivity index (χ1v) is 10.2. The van der Waals surface area contributed by atoms with Crippen LogP contribution in [0, 0.1) is 5.92 Å². The van der Waals surface area contributed by atoms with Gasteiger partial charge in [-0.1, -0.05) is 30.3 Å². The van der Waals surface area contributed by atoms with Crippen molar-refractivity contribution in [1.82, 2.24) is 10.6 Å². The van der Waals surface area contributed by atoms with Crippen molar-refractivity contribution in [3.8, 4) is 0 Å². The number of ether oxygens (including phenoxy) is 2. The Balaban J connectivity index is 2.02. The summed E-state index contributed by atoms with van der Waals surface area (Å²) in [5.74, 6) is -0.547. The minimum atomic E-state index is -0.620. The van der Waals surface area contributed by atoms with Gasteiger partial charge in [0.25, 0.3) is 0 Å². The van der Waals surface area contributed by atoms with Gasteiger partial charge >= 0.3 is 12.1 Å². The second kappa shape index (κ2) is 10.4. The van der Waals surface area contributed by atoms with Crippen molar-refractivity contribution < 1.29 is 23.9 Å². The molecule has 1 amide bonds. The molecule has 0 unspecified atom stereocenters. The summed E-state index contributed by atoms with van der Waals surface area (Å²) < 4.78 is 10.5. The third-order valence-electron chi connectivity index (χ3n) is 4.79. The number of nitrogens with one attached hydrogen (secondary N) is 2. The van der Waals surface area contributed by atoms with Crippen molar-refractivity contribution in [2.24, 2.45) is 5.92 Å². The van der Waals surface area contributed by atoms with E-state index in [9.17, 15) is 14.4 Å². The Kier molecular flexibility index (Phi) is 8.20. The Morgan fingerprint density at radius 1 is 1.07 bits per heavy atom. The van der Waals surface area contributed by atoms with Gasteiger partial charge in [-0.25, -0.2) is 4.79 Å². The Hall–Kier alpha value is -2.41. The molecule has 1 aliphatic carbocycles. The van der Waals surface area contributed by atoms with Gasteiger partial charge in [-0.3, -0.25) is 9.59 Å². The van der Waals surface area contributed by atoms with Crippen molar-refractivity contribution in [2.45, 2.75) is 64.6 Å². The van der Waals surface area contributed by atoms with E-state index in [1.807, 2.05) is 18.2 Å². The standard InChI is InChI=1S/C22H32N2O5/c1-5-28-20(26)16-11-12-17(18(13-16)24-21(27)29-22(2,3)4)23-14-19(25)15-9-7-6-8-10-15/h6-10,16-18,23H,5,11-14H2,1-4H3,(H,24,27)/t16-,17-,18+/m1/s1. The maximum atomic E-state index is 12.4. The molecule has 1 aromatic rings. The monoisotopic (exact) mass is 404 g/mol. The van der Waals surface area contributed by atoms with E-state index in [4.69, 9.17) is 9.47 Å². The first-order chi connectivity index (χ1) is 13.7. The van der Waals surface area contributed by atoms with E-state index in [2.05, 4.69) is 10.6 Å². The molecule has 0 aliphatic heterocycles. The van der Waals surface area contributed by atoms with Gasteiger partial charge in [-0.15, -0.1) is 0 Å². The lowest BCUT2D eigenvalue weighted by Gasteiger charge is -2.36. The number of rotatable bonds is 7. The number of carbonyl (C=O) groups excluding carboxylic acids is 3. The highest BCUT2D eigenvalue weighted by atomic mass is 16.6. The van der Waals surface area contributed by atoms with Crippen LogP contribution in [0.15, 0.2) is 30.3 Å². The Bertz CT molecular complexity index is 699. The summed E-state index contributed by atoms with van der Waals surface area (Å²) in [6, 6.07) is 8.59. The van der Waals surface area contributed by atoms with Crippen LogP contribution in [0.2, 0.25) is 0 Å². The number of carbonyl (C=O) groups is 3. The predicted octanol–water partition coefficient (Wildman–Crippen LogP) is 3.08. The van der Waals surface area contributed by atoms with E-state index in [0.29, 0.717) is 31.4 Å². The summed E-state index contributed by atoms with van der Waals surface area (Å²) >= 11 is 0. The van der Waals surface area contributed by atoms with E-state index in [-0.39, 0.29) is 36.3 Å². The third kappa shape index (κ3) is 7.49. The molecule has 7 heteroatoms. The lowest BCUT2D eigenvalue weighted by Crippen LogP contribution is -2.55. The summed E-state index contributed by atoms with van der Waals surface area (Å²) in [6.07, 6.45) is 1.19. The quantitative estimate of drug-likeness (QED) is 0.536. The number of alkyl carbamates (subject to hydrolysis) is 1. The Labute approximate surface area is 172 Å². The van der Waals surface area contributed by atoms with E-state index in [1.54, 1.807) is 39.8 Å². The molecule has 3 atom stereocenters. The third-order valence-corrected chi connectivity index (χ3v) is 4.79. The zero-order valence-electron chi connectivity index (χ0n) is 17.7. The molecule has 0 heterocycles. The van der Waals surface area contributed by atoms with E-state index in [0.717, 1.165) is 0 Å². The van der Waals surface area contributed by atoms with Gasteiger partial charge in [0.15, 0.2) is 5.78 Å². The molecule has 0 aromatic heterocycles. The molecule has 2 rings (SSSR count). The zero-order valence-corrected chi connectivity index (χ0v) is 17.7. The fourth-order valence-corrected chi connectivity index (χ4v) is 3.46. The fraction of sp³-hybridized carbons (Fsp3) is 0.591. The summed E-state index contributed by atoms with van der Waals surface area (Å²) in [4.78, 5) is 36.9. The fourth-order valence-electron chi connectivity index (χ4n) is 3.46. The minimum Gasteiger partial charge on any atom is -0.466 e.